The van der Waals surface area contributed by atoms with Gasteiger partial charge in [0.1, 0.15) is 11.2 Å². The van der Waals surface area contributed by atoms with Crippen molar-refractivity contribution in [2.45, 2.75) is 89.0 Å². The number of fused-ring (bicyclic) bond motifs is 2. The van der Waals surface area contributed by atoms with Crippen molar-refractivity contribution in [3.8, 4) is 0 Å². The summed E-state index contributed by atoms with van der Waals surface area (Å²) in [5.41, 5.74) is 5.59. The summed E-state index contributed by atoms with van der Waals surface area (Å²) in [5, 5.41) is 0. The van der Waals surface area contributed by atoms with Gasteiger partial charge in [-0.1, -0.05) is 146 Å². The van der Waals surface area contributed by atoms with Crippen molar-refractivity contribution in [1.82, 2.24) is 0 Å². The molecule has 0 atom stereocenters. The normalized spacial score (nSPS) is 19.8. The van der Waals surface area contributed by atoms with Crippen molar-refractivity contribution in [3.63, 3.8) is 0 Å². The lowest BCUT2D eigenvalue weighted by Gasteiger charge is -2.54. The number of halogens is 2. The van der Waals surface area contributed by atoms with Gasteiger partial charge in [-0.05, 0) is 93.9 Å². The fraction of sp³-hybridized carbons (Fsp3) is 0.368. The highest BCUT2D eigenvalue weighted by molar-refractivity contribution is 9.10. The Labute approximate surface area is 284 Å². The molecule has 0 aliphatic heterocycles. The third-order valence-corrected chi connectivity index (χ3v) is 20.7. The van der Waals surface area contributed by atoms with E-state index in [-0.39, 0.29) is 0 Å². The summed E-state index contributed by atoms with van der Waals surface area (Å²) in [5.74, 6) is 0. The molecule has 0 radical (unpaired) electrons. The molecule has 0 saturated carbocycles. The minimum Gasteiger partial charge on any atom is -0.399 e. The topological polar surface area (TPSA) is 18.5 Å². The molecule has 0 amide bonds. The Morgan fingerprint density at radius 2 is 0.682 bits per heavy atom. The molecule has 5 rings (SSSR count). The Morgan fingerprint density at radius 3 is 0.909 bits per heavy atom. The molecule has 1 aliphatic rings. The van der Waals surface area contributed by atoms with Gasteiger partial charge in [0, 0.05) is 8.95 Å². The van der Waals surface area contributed by atoms with E-state index in [1.807, 2.05) is 0 Å². The van der Waals surface area contributed by atoms with Crippen LogP contribution in [0.1, 0.15) is 74.9 Å². The maximum absolute atomic E-state index is 7.92. The Hall–Kier alpha value is -1.81. The molecule has 4 aromatic rings. The van der Waals surface area contributed by atoms with Gasteiger partial charge in [-0.2, -0.15) is 0 Å². The summed E-state index contributed by atoms with van der Waals surface area (Å²) < 4.78 is 18.0. The molecule has 0 unspecified atom stereocenters. The molecule has 0 fully saturated rings. The zero-order chi connectivity index (χ0) is 31.6. The zero-order valence-electron chi connectivity index (χ0n) is 27.1. The fourth-order valence-corrected chi connectivity index (χ4v) is 13.8. The van der Waals surface area contributed by atoms with Gasteiger partial charge in [-0.25, -0.2) is 0 Å². The van der Waals surface area contributed by atoms with Crippen LogP contribution in [0.2, 0.25) is 36.3 Å². The van der Waals surface area contributed by atoms with Crippen LogP contribution in [0, 0.1) is 0 Å². The lowest BCUT2D eigenvalue weighted by Crippen LogP contribution is -2.55. The van der Waals surface area contributed by atoms with Gasteiger partial charge in [0.15, 0.2) is 16.6 Å². The average Bonchev–Trinajstić information content (AvgIpc) is 3.08. The van der Waals surface area contributed by atoms with E-state index >= 15 is 0 Å². The molecule has 6 heteroatoms. The number of hydrogen-bond acceptors (Lipinski definition) is 2. The second kappa shape index (κ2) is 13.5. The second-order valence-corrected chi connectivity index (χ2v) is 23.4. The van der Waals surface area contributed by atoms with E-state index < -0.39 is 27.8 Å². The smallest absolute Gasteiger partial charge is 0.194 e. The van der Waals surface area contributed by atoms with Crippen molar-refractivity contribution < 1.29 is 8.85 Å². The summed E-state index contributed by atoms with van der Waals surface area (Å²) in [6.07, 6.45) is 0. The van der Waals surface area contributed by atoms with Crippen LogP contribution < -0.4 is 0 Å². The standard InChI is InChI=1S/C38H46Br2O2Si2/c1-7-43(8-2,9-3)41-37(29-21-25-31(39)26-22-29)33-17-13-15-19-35(33)38(30-23-27-32(40)28-24-30,36-20-16-14-18-34(36)37)42-44(10-4,11-5)12-6/h13-28H,7-12H2,1-6H3. The van der Waals surface area contributed by atoms with E-state index in [0.717, 1.165) is 45.2 Å². The number of hydrogen-bond donors (Lipinski definition) is 0. The maximum Gasteiger partial charge on any atom is 0.194 e. The van der Waals surface area contributed by atoms with E-state index in [9.17, 15) is 0 Å². The molecule has 0 saturated heterocycles. The number of rotatable bonds is 12. The summed E-state index contributed by atoms with van der Waals surface area (Å²) >= 11 is 7.43. The average molecular weight is 751 g/mol. The highest BCUT2D eigenvalue weighted by Gasteiger charge is 2.57. The molecule has 232 valence electrons. The SMILES string of the molecule is CC[Si](CC)(CC)OC1(c2ccc(Br)cc2)c2ccccc2C(O[Si](CC)(CC)CC)(c2ccc(Br)cc2)c2ccccc21. The van der Waals surface area contributed by atoms with Gasteiger partial charge in [0.05, 0.1) is 0 Å². The monoisotopic (exact) mass is 748 g/mol. The molecule has 0 bridgehead atoms. The van der Waals surface area contributed by atoms with E-state index in [1.54, 1.807) is 0 Å². The molecular weight excluding hydrogens is 704 g/mol. The third-order valence-electron chi connectivity index (χ3n) is 10.5. The van der Waals surface area contributed by atoms with Gasteiger partial charge >= 0.3 is 0 Å². The van der Waals surface area contributed by atoms with Crippen molar-refractivity contribution in [2.24, 2.45) is 0 Å². The first-order valence-electron chi connectivity index (χ1n) is 16.4. The molecule has 0 aromatic heterocycles. The quantitative estimate of drug-likeness (QED) is 0.134. The molecule has 4 aromatic carbocycles. The number of benzene rings is 4. The third kappa shape index (κ3) is 5.48. The summed E-state index contributed by atoms with van der Waals surface area (Å²) in [4.78, 5) is 0. The minimum absolute atomic E-state index is 0.765. The molecule has 44 heavy (non-hydrogen) atoms. The van der Waals surface area contributed by atoms with Crippen LogP contribution in [0.5, 0.6) is 0 Å². The Kier molecular flexibility index (Phi) is 10.3. The fourth-order valence-electron chi connectivity index (χ4n) is 7.40. The first kappa shape index (κ1) is 33.6. The van der Waals surface area contributed by atoms with E-state index in [2.05, 4.69) is 170 Å². The van der Waals surface area contributed by atoms with E-state index in [4.69, 9.17) is 8.85 Å². The van der Waals surface area contributed by atoms with Crippen molar-refractivity contribution in [3.05, 3.63) is 139 Å². The minimum atomic E-state index is -2.16. The van der Waals surface area contributed by atoms with Crippen LogP contribution in [0.3, 0.4) is 0 Å². The first-order chi connectivity index (χ1) is 21.2. The Morgan fingerprint density at radius 1 is 0.432 bits per heavy atom. The summed E-state index contributed by atoms with van der Waals surface area (Å²) in [6, 6.07) is 42.1. The van der Waals surface area contributed by atoms with Crippen LogP contribution in [0.15, 0.2) is 106 Å². The second-order valence-electron chi connectivity index (χ2n) is 12.2. The predicted molar refractivity (Wildman–Crippen MR) is 197 cm³/mol. The van der Waals surface area contributed by atoms with Crippen molar-refractivity contribution in [1.29, 1.82) is 0 Å². The summed E-state index contributed by atoms with van der Waals surface area (Å²) in [6.45, 7) is 14.0. The van der Waals surface area contributed by atoms with Gasteiger partial charge in [-0.3, -0.25) is 0 Å². The first-order valence-corrected chi connectivity index (χ1v) is 23.0. The molecule has 0 N–H and O–H groups in total. The highest BCUT2D eigenvalue weighted by Crippen LogP contribution is 2.59. The Bertz CT molecular complexity index is 1380. The van der Waals surface area contributed by atoms with Gasteiger partial charge in [0.25, 0.3) is 0 Å². The summed E-state index contributed by atoms with van der Waals surface area (Å²) in [7, 11) is -4.32. The van der Waals surface area contributed by atoms with Crippen LogP contribution in [-0.4, -0.2) is 16.6 Å². The lowest BCUT2D eigenvalue weighted by molar-refractivity contribution is 0.0902. The molecule has 2 nitrogen and oxygen atoms in total. The Balaban J connectivity index is 1.98. The van der Waals surface area contributed by atoms with Gasteiger partial charge in [0.2, 0.25) is 0 Å². The van der Waals surface area contributed by atoms with Crippen molar-refractivity contribution in [2.75, 3.05) is 0 Å². The lowest BCUT2D eigenvalue weighted by atomic mass is 9.63. The highest BCUT2D eigenvalue weighted by atomic mass is 79.9. The van der Waals surface area contributed by atoms with Crippen LogP contribution in [0.25, 0.3) is 0 Å². The van der Waals surface area contributed by atoms with Crippen molar-refractivity contribution >= 4 is 48.5 Å². The van der Waals surface area contributed by atoms with E-state index in [0.29, 0.717) is 0 Å². The van der Waals surface area contributed by atoms with Crippen LogP contribution in [0.4, 0.5) is 0 Å². The zero-order valence-corrected chi connectivity index (χ0v) is 32.2. The molecular formula is C38H46Br2O2Si2. The largest absolute Gasteiger partial charge is 0.399 e. The predicted octanol–water partition coefficient (Wildman–Crippen LogP) is 12.2. The van der Waals surface area contributed by atoms with Crippen LogP contribution >= 0.6 is 31.9 Å². The van der Waals surface area contributed by atoms with Crippen LogP contribution in [-0.2, 0) is 20.1 Å². The van der Waals surface area contributed by atoms with Gasteiger partial charge < -0.3 is 8.85 Å². The van der Waals surface area contributed by atoms with Gasteiger partial charge in [-0.15, -0.1) is 0 Å². The molecule has 0 heterocycles. The maximum atomic E-state index is 7.92. The van der Waals surface area contributed by atoms with E-state index in [1.165, 1.54) is 33.4 Å². The molecule has 1 aliphatic carbocycles. The molecule has 0 spiro atoms.